The van der Waals surface area contributed by atoms with Crippen molar-refractivity contribution in [1.82, 2.24) is 15.1 Å². The molecule has 1 aliphatic rings. The number of carbonyl (C=O) groups is 2. The number of amides is 2. The molecular weight excluding hydrogens is 507 g/mol. The molecule has 1 aliphatic heterocycles. The number of halogens is 6. The van der Waals surface area contributed by atoms with Crippen LogP contribution in [0.3, 0.4) is 0 Å². The van der Waals surface area contributed by atoms with E-state index in [1.807, 2.05) is 0 Å². The molecule has 0 radical (unpaired) electrons. The summed E-state index contributed by atoms with van der Waals surface area (Å²) in [7, 11) is 1.56. The molecule has 3 aromatic carbocycles. The first-order valence-corrected chi connectivity index (χ1v) is 10.7. The molecule has 0 fully saturated rings. The van der Waals surface area contributed by atoms with Gasteiger partial charge in [0.05, 0.1) is 34.4 Å². The minimum atomic E-state index is -4.95. The maximum Gasteiger partial charge on any atom is 0.416 e. The molecule has 0 bridgehead atoms. The Kier molecular flexibility index (Phi) is 5.29. The Morgan fingerprint density at radius 1 is 1.14 bits per heavy atom. The van der Waals surface area contributed by atoms with Gasteiger partial charge < -0.3 is 11.1 Å². The van der Waals surface area contributed by atoms with Crippen molar-refractivity contribution in [2.24, 2.45) is 12.8 Å². The van der Waals surface area contributed by atoms with Gasteiger partial charge >= 0.3 is 6.18 Å². The molecule has 6 nitrogen and oxygen atoms in total. The Morgan fingerprint density at radius 3 is 2.53 bits per heavy atom. The second kappa shape index (κ2) is 8.02. The topological polar surface area (TPSA) is 90.0 Å². The molecule has 0 saturated carbocycles. The van der Waals surface area contributed by atoms with E-state index >= 15 is 4.39 Å². The summed E-state index contributed by atoms with van der Waals surface area (Å²) < 4.78 is 71.0. The highest BCUT2D eigenvalue weighted by molar-refractivity contribution is 6.31. The second-order valence-electron chi connectivity index (χ2n) is 8.23. The van der Waals surface area contributed by atoms with Gasteiger partial charge in [0.15, 0.2) is 0 Å². The first-order chi connectivity index (χ1) is 16.9. The molecule has 0 saturated heterocycles. The highest BCUT2D eigenvalue weighted by Crippen LogP contribution is 2.46. The Balaban J connectivity index is 1.92. The number of benzene rings is 3. The maximum absolute atomic E-state index is 15.4. The van der Waals surface area contributed by atoms with E-state index in [0.29, 0.717) is 17.0 Å². The fourth-order valence-electron chi connectivity index (χ4n) is 4.58. The number of carbonyl (C=O) groups excluding carboxylic acids is 2. The van der Waals surface area contributed by atoms with E-state index in [2.05, 4.69) is 10.4 Å². The summed E-state index contributed by atoms with van der Waals surface area (Å²) in [6, 6.07) is 4.43. The van der Waals surface area contributed by atoms with E-state index in [4.69, 9.17) is 17.3 Å². The Morgan fingerprint density at radius 2 is 1.86 bits per heavy atom. The normalized spacial score (nSPS) is 15.3. The number of nitrogens with two attached hydrogens (primary N) is 1. The lowest BCUT2D eigenvalue weighted by atomic mass is 9.86. The molecule has 0 spiro atoms. The molecule has 12 heteroatoms. The van der Waals surface area contributed by atoms with Gasteiger partial charge in [-0.3, -0.25) is 14.3 Å². The minimum Gasteiger partial charge on any atom is -0.366 e. The van der Waals surface area contributed by atoms with Gasteiger partial charge in [-0.15, -0.1) is 0 Å². The van der Waals surface area contributed by atoms with Crippen LogP contribution >= 0.6 is 11.6 Å². The largest absolute Gasteiger partial charge is 0.416 e. The van der Waals surface area contributed by atoms with Crippen LogP contribution in [-0.4, -0.2) is 21.6 Å². The predicted molar refractivity (Wildman–Crippen MR) is 120 cm³/mol. The lowest BCUT2D eigenvalue weighted by Gasteiger charge is -2.20. The van der Waals surface area contributed by atoms with Crippen LogP contribution in [-0.2, 0) is 13.2 Å². The van der Waals surface area contributed by atoms with Crippen molar-refractivity contribution in [3.05, 3.63) is 87.1 Å². The van der Waals surface area contributed by atoms with Gasteiger partial charge in [-0.1, -0.05) is 11.6 Å². The number of rotatable bonds is 3. The van der Waals surface area contributed by atoms with Gasteiger partial charge in [0.2, 0.25) is 5.91 Å². The molecule has 184 valence electrons. The summed E-state index contributed by atoms with van der Waals surface area (Å²) in [6.07, 6.45) is -3.57. The lowest BCUT2D eigenvalue weighted by molar-refractivity contribution is -0.137. The average molecular weight is 521 g/mol. The predicted octanol–water partition coefficient (Wildman–Crippen LogP) is 5.12. The molecular formula is C24H14ClF5N4O2. The van der Waals surface area contributed by atoms with Crippen molar-refractivity contribution in [1.29, 1.82) is 0 Å². The Bertz CT molecular complexity index is 1610. The number of alkyl halides is 3. The first-order valence-electron chi connectivity index (χ1n) is 10.3. The molecule has 1 aromatic heterocycles. The molecule has 2 heterocycles. The van der Waals surface area contributed by atoms with Crippen LogP contribution in [0.5, 0.6) is 0 Å². The average Bonchev–Trinajstić information content (AvgIpc) is 3.33. The van der Waals surface area contributed by atoms with E-state index in [1.54, 1.807) is 7.05 Å². The van der Waals surface area contributed by atoms with Crippen molar-refractivity contribution >= 4 is 34.3 Å². The first kappa shape index (κ1) is 23.7. The second-order valence-corrected chi connectivity index (χ2v) is 8.64. The van der Waals surface area contributed by atoms with Gasteiger partial charge in [-0.2, -0.15) is 18.3 Å². The Labute approximate surface area is 204 Å². The summed E-state index contributed by atoms with van der Waals surface area (Å²) >= 11 is 6.29. The fourth-order valence-corrected chi connectivity index (χ4v) is 4.81. The summed E-state index contributed by atoms with van der Waals surface area (Å²) in [5.74, 6) is -3.99. The van der Waals surface area contributed by atoms with Crippen molar-refractivity contribution in [3.8, 4) is 11.1 Å². The van der Waals surface area contributed by atoms with Crippen molar-refractivity contribution in [2.75, 3.05) is 0 Å². The van der Waals surface area contributed by atoms with Crippen LogP contribution in [0.4, 0.5) is 22.0 Å². The number of aromatic nitrogens is 2. The molecule has 36 heavy (non-hydrogen) atoms. The van der Waals surface area contributed by atoms with E-state index in [0.717, 1.165) is 12.1 Å². The van der Waals surface area contributed by atoms with Gasteiger partial charge in [-0.25, -0.2) is 8.78 Å². The number of nitrogens with one attached hydrogen (secondary N) is 1. The van der Waals surface area contributed by atoms with E-state index in [9.17, 15) is 27.2 Å². The number of fused-ring (bicyclic) bond motifs is 3. The number of hydrogen-bond donors (Lipinski definition) is 2. The number of hydrogen-bond acceptors (Lipinski definition) is 3. The number of nitrogens with zero attached hydrogens (tertiary/aromatic N) is 2. The quantitative estimate of drug-likeness (QED) is 0.367. The van der Waals surface area contributed by atoms with Gasteiger partial charge in [-0.05, 0) is 42.0 Å². The van der Waals surface area contributed by atoms with Crippen LogP contribution < -0.4 is 11.1 Å². The third-order valence-corrected chi connectivity index (χ3v) is 6.42. The van der Waals surface area contributed by atoms with Crippen LogP contribution in [0.25, 0.3) is 22.0 Å². The van der Waals surface area contributed by atoms with E-state index in [-0.39, 0.29) is 33.3 Å². The third-order valence-electron chi connectivity index (χ3n) is 6.08. The van der Waals surface area contributed by atoms with Crippen molar-refractivity contribution < 1.29 is 31.5 Å². The fraction of sp³-hybridized carbons (Fsp3) is 0.125. The molecule has 4 aromatic rings. The van der Waals surface area contributed by atoms with Crippen molar-refractivity contribution in [3.63, 3.8) is 0 Å². The zero-order valence-corrected chi connectivity index (χ0v) is 18.9. The summed E-state index contributed by atoms with van der Waals surface area (Å²) in [5.41, 5.74) is 3.18. The van der Waals surface area contributed by atoms with Crippen LogP contribution in [0, 0.1) is 11.6 Å². The molecule has 3 N–H and O–H groups in total. The highest BCUT2D eigenvalue weighted by atomic mass is 35.5. The molecule has 0 aliphatic carbocycles. The molecule has 1 atom stereocenters. The SMILES string of the molecule is Cn1ncc2cc(-c3c(F)cc(C(F)(F)F)cc3C(N)=O)c3c(c21)C(=O)NC3c1cc(F)ccc1Cl. The number of primary amides is 1. The molecule has 5 rings (SSSR count). The van der Waals surface area contributed by atoms with Crippen LogP contribution in [0.2, 0.25) is 5.02 Å². The monoisotopic (exact) mass is 520 g/mol. The molecule has 2 amide bonds. The van der Waals surface area contributed by atoms with Crippen molar-refractivity contribution in [2.45, 2.75) is 12.2 Å². The zero-order chi connectivity index (χ0) is 26.1. The third kappa shape index (κ3) is 3.58. The van der Waals surface area contributed by atoms with Gasteiger partial charge in [0.1, 0.15) is 11.6 Å². The lowest BCUT2D eigenvalue weighted by Crippen LogP contribution is -2.21. The van der Waals surface area contributed by atoms with Gasteiger partial charge in [0.25, 0.3) is 5.91 Å². The minimum absolute atomic E-state index is 0.0301. The van der Waals surface area contributed by atoms with E-state index < -0.39 is 52.4 Å². The van der Waals surface area contributed by atoms with Crippen LogP contribution in [0.15, 0.2) is 42.6 Å². The standard InChI is InChI=1S/C24H14ClF5N4O2/c1-34-21-9(8-32-34)4-13(17-14(22(31)35)5-10(6-16(17)27)24(28,29)30)18-19(21)23(36)33-20(18)12-7-11(26)2-3-15(12)25/h2-8,20H,1H3,(H2,31,35)(H,33,36). The maximum atomic E-state index is 15.4. The smallest absolute Gasteiger partial charge is 0.366 e. The van der Waals surface area contributed by atoms with Crippen LogP contribution in [0.1, 0.15) is 43.4 Å². The Hall–Kier alpha value is -3.99. The van der Waals surface area contributed by atoms with E-state index in [1.165, 1.54) is 23.0 Å². The molecule has 1 unspecified atom stereocenters. The highest BCUT2D eigenvalue weighted by Gasteiger charge is 2.39. The summed E-state index contributed by atoms with van der Waals surface area (Å²) in [6.45, 7) is 0. The zero-order valence-electron chi connectivity index (χ0n) is 18.2. The summed E-state index contributed by atoms with van der Waals surface area (Å²) in [4.78, 5) is 25.4. The number of aryl methyl sites for hydroxylation is 1. The van der Waals surface area contributed by atoms with Gasteiger partial charge in [0, 0.05) is 34.1 Å². The summed E-state index contributed by atoms with van der Waals surface area (Å²) in [5, 5.41) is 7.22.